The van der Waals surface area contributed by atoms with E-state index in [1.54, 1.807) is 0 Å². The molecule has 5 nitrogen and oxygen atoms in total. The molecule has 1 N–H and O–H groups in total. The number of nitrogens with one attached hydrogen (secondary N) is 1. The molecule has 0 spiro atoms. The van der Waals surface area contributed by atoms with Crippen molar-refractivity contribution in [3.05, 3.63) is 76.7 Å². The van der Waals surface area contributed by atoms with Gasteiger partial charge in [0.15, 0.2) is 0 Å². The predicted molar refractivity (Wildman–Crippen MR) is 115 cm³/mol. The summed E-state index contributed by atoms with van der Waals surface area (Å²) in [7, 11) is 0. The van der Waals surface area contributed by atoms with Gasteiger partial charge in [0.05, 0.1) is 11.7 Å². The SMILES string of the molecule is Cc1nc2c(c(N3CCNCC3)n1)CN(C1c3ccccc3-c3ccccc31)C2. The average molecular weight is 383 g/mol. The van der Waals surface area contributed by atoms with Gasteiger partial charge in [-0.3, -0.25) is 4.90 Å². The highest BCUT2D eigenvalue weighted by Gasteiger charge is 2.37. The van der Waals surface area contributed by atoms with Crippen molar-refractivity contribution in [2.45, 2.75) is 26.1 Å². The van der Waals surface area contributed by atoms with Crippen LogP contribution in [0.3, 0.4) is 0 Å². The smallest absolute Gasteiger partial charge is 0.137 e. The first-order valence-corrected chi connectivity index (χ1v) is 10.5. The van der Waals surface area contributed by atoms with Crippen LogP contribution in [-0.2, 0) is 13.1 Å². The minimum Gasteiger partial charge on any atom is -0.354 e. The number of hydrogen-bond donors (Lipinski definition) is 1. The van der Waals surface area contributed by atoms with Crippen LogP contribution in [0, 0.1) is 6.92 Å². The van der Waals surface area contributed by atoms with E-state index in [4.69, 9.17) is 9.97 Å². The van der Waals surface area contributed by atoms with Crippen molar-refractivity contribution >= 4 is 5.82 Å². The van der Waals surface area contributed by atoms with E-state index in [0.717, 1.165) is 50.9 Å². The van der Waals surface area contributed by atoms with Crippen molar-refractivity contribution in [3.8, 4) is 11.1 Å². The maximum atomic E-state index is 4.88. The van der Waals surface area contributed by atoms with Crippen molar-refractivity contribution < 1.29 is 0 Å². The number of benzene rings is 2. The molecule has 3 aromatic rings. The van der Waals surface area contributed by atoms with Gasteiger partial charge in [0, 0.05) is 44.8 Å². The molecule has 146 valence electrons. The van der Waals surface area contributed by atoms with E-state index in [-0.39, 0.29) is 6.04 Å². The summed E-state index contributed by atoms with van der Waals surface area (Å²) in [4.78, 5) is 14.7. The van der Waals surface area contributed by atoms with Gasteiger partial charge in [0.2, 0.25) is 0 Å². The van der Waals surface area contributed by atoms with Crippen LogP contribution >= 0.6 is 0 Å². The normalized spacial score (nSPS) is 18.6. The van der Waals surface area contributed by atoms with E-state index in [1.807, 2.05) is 6.92 Å². The van der Waals surface area contributed by atoms with Gasteiger partial charge in [-0.25, -0.2) is 9.97 Å². The number of nitrogens with zero attached hydrogens (tertiary/aromatic N) is 4. The summed E-state index contributed by atoms with van der Waals surface area (Å²) in [5.41, 5.74) is 8.08. The predicted octanol–water partition coefficient (Wildman–Crippen LogP) is 3.28. The van der Waals surface area contributed by atoms with E-state index < -0.39 is 0 Å². The molecule has 2 aliphatic heterocycles. The van der Waals surface area contributed by atoms with Crippen LogP contribution in [-0.4, -0.2) is 41.0 Å². The summed E-state index contributed by atoms with van der Waals surface area (Å²) < 4.78 is 0. The quantitative estimate of drug-likeness (QED) is 0.736. The van der Waals surface area contributed by atoms with E-state index >= 15 is 0 Å². The average Bonchev–Trinajstić information content (AvgIpc) is 3.32. The molecule has 0 bridgehead atoms. The minimum absolute atomic E-state index is 0.285. The second-order valence-corrected chi connectivity index (χ2v) is 8.24. The van der Waals surface area contributed by atoms with E-state index in [0.29, 0.717) is 0 Å². The molecule has 0 saturated carbocycles. The molecule has 6 rings (SSSR count). The zero-order valence-electron chi connectivity index (χ0n) is 16.7. The van der Waals surface area contributed by atoms with Gasteiger partial charge in [0.1, 0.15) is 11.6 Å². The van der Waals surface area contributed by atoms with Crippen LogP contribution in [0.5, 0.6) is 0 Å². The van der Waals surface area contributed by atoms with Crippen LogP contribution in [0.15, 0.2) is 48.5 Å². The van der Waals surface area contributed by atoms with Crippen molar-refractivity contribution in [1.29, 1.82) is 0 Å². The topological polar surface area (TPSA) is 44.3 Å². The van der Waals surface area contributed by atoms with Gasteiger partial charge in [0.25, 0.3) is 0 Å². The van der Waals surface area contributed by atoms with Gasteiger partial charge in [-0.15, -0.1) is 0 Å². The first kappa shape index (κ1) is 17.1. The molecule has 1 saturated heterocycles. The van der Waals surface area contributed by atoms with Gasteiger partial charge < -0.3 is 10.2 Å². The van der Waals surface area contributed by atoms with E-state index in [9.17, 15) is 0 Å². The van der Waals surface area contributed by atoms with Crippen molar-refractivity contribution in [2.24, 2.45) is 0 Å². The zero-order chi connectivity index (χ0) is 19.4. The van der Waals surface area contributed by atoms with Crippen LogP contribution in [0.1, 0.15) is 34.3 Å². The summed E-state index contributed by atoms with van der Waals surface area (Å²) in [6.07, 6.45) is 0. The number of hydrogen-bond acceptors (Lipinski definition) is 5. The number of piperazine rings is 1. The minimum atomic E-state index is 0.285. The summed E-state index contributed by atoms with van der Waals surface area (Å²) in [6, 6.07) is 18.0. The fourth-order valence-electron chi connectivity index (χ4n) is 5.22. The first-order valence-electron chi connectivity index (χ1n) is 10.5. The molecule has 1 aromatic heterocycles. The molecule has 2 aromatic carbocycles. The maximum Gasteiger partial charge on any atom is 0.137 e. The van der Waals surface area contributed by atoms with Crippen molar-refractivity contribution in [3.63, 3.8) is 0 Å². The molecule has 1 aliphatic carbocycles. The third-order valence-electron chi connectivity index (χ3n) is 6.48. The monoisotopic (exact) mass is 383 g/mol. The summed E-state index contributed by atoms with van der Waals surface area (Å²) >= 11 is 0. The second kappa shape index (κ2) is 6.65. The lowest BCUT2D eigenvalue weighted by Gasteiger charge is -2.30. The summed E-state index contributed by atoms with van der Waals surface area (Å²) in [5.74, 6) is 2.03. The van der Waals surface area contributed by atoms with Crippen molar-refractivity contribution in [2.75, 3.05) is 31.1 Å². The molecule has 3 heterocycles. The number of rotatable bonds is 2. The second-order valence-electron chi connectivity index (χ2n) is 8.24. The lowest BCUT2D eigenvalue weighted by molar-refractivity contribution is 0.233. The molecule has 1 fully saturated rings. The Bertz CT molecular complexity index is 1040. The van der Waals surface area contributed by atoms with Crippen LogP contribution < -0.4 is 10.2 Å². The number of fused-ring (bicyclic) bond motifs is 4. The molecule has 0 atom stereocenters. The van der Waals surface area contributed by atoms with Gasteiger partial charge >= 0.3 is 0 Å². The molecular formula is C24H25N5. The van der Waals surface area contributed by atoms with Gasteiger partial charge in [-0.2, -0.15) is 0 Å². The fraction of sp³-hybridized carbons (Fsp3) is 0.333. The fourth-order valence-corrected chi connectivity index (χ4v) is 5.22. The van der Waals surface area contributed by atoms with Crippen molar-refractivity contribution in [1.82, 2.24) is 20.2 Å². The molecule has 5 heteroatoms. The third kappa shape index (κ3) is 2.69. The van der Waals surface area contributed by atoms with Gasteiger partial charge in [-0.05, 0) is 29.2 Å². The Morgan fingerprint density at radius 2 is 1.52 bits per heavy atom. The number of aromatic nitrogens is 2. The zero-order valence-corrected chi connectivity index (χ0v) is 16.7. The number of anilines is 1. The highest BCUT2D eigenvalue weighted by molar-refractivity contribution is 5.78. The van der Waals surface area contributed by atoms with Crippen LogP contribution in [0.25, 0.3) is 11.1 Å². The molecule has 0 radical (unpaired) electrons. The van der Waals surface area contributed by atoms with Crippen LogP contribution in [0.2, 0.25) is 0 Å². The standard InChI is InChI=1S/C24H25N5/c1-16-26-22-15-29(14-21(22)24(27-16)28-12-10-25-11-13-28)23-19-8-4-2-6-17(19)18-7-3-5-9-20(18)23/h2-9,23,25H,10-15H2,1H3. The molecule has 29 heavy (non-hydrogen) atoms. The van der Waals surface area contributed by atoms with Gasteiger partial charge in [-0.1, -0.05) is 48.5 Å². The Morgan fingerprint density at radius 1 is 0.862 bits per heavy atom. The molecule has 0 amide bonds. The Labute approximate surface area is 171 Å². The lowest BCUT2D eigenvalue weighted by Crippen LogP contribution is -2.44. The molecular weight excluding hydrogens is 358 g/mol. The highest BCUT2D eigenvalue weighted by atomic mass is 15.3. The Kier molecular flexibility index (Phi) is 3.93. The Morgan fingerprint density at radius 3 is 2.21 bits per heavy atom. The summed E-state index contributed by atoms with van der Waals surface area (Å²) in [6.45, 7) is 7.87. The number of aryl methyl sites for hydroxylation is 1. The Balaban J connectivity index is 1.41. The van der Waals surface area contributed by atoms with Crippen LogP contribution in [0.4, 0.5) is 5.82 Å². The first-order chi connectivity index (χ1) is 14.3. The van der Waals surface area contributed by atoms with E-state index in [1.165, 1.54) is 33.5 Å². The third-order valence-corrected chi connectivity index (χ3v) is 6.48. The largest absolute Gasteiger partial charge is 0.354 e. The molecule has 0 unspecified atom stereocenters. The Hall–Kier alpha value is -2.76. The highest BCUT2D eigenvalue weighted by Crippen LogP contribution is 2.48. The maximum absolute atomic E-state index is 4.88. The summed E-state index contributed by atoms with van der Waals surface area (Å²) in [5, 5.41) is 3.45. The van der Waals surface area contributed by atoms with E-state index in [2.05, 4.69) is 63.6 Å². The lowest BCUT2D eigenvalue weighted by atomic mass is 10.0. The molecule has 3 aliphatic rings.